The highest BCUT2D eigenvalue weighted by molar-refractivity contribution is 7.91. The van der Waals surface area contributed by atoms with Gasteiger partial charge in [-0.25, -0.2) is 13.4 Å². The Balaban J connectivity index is 2.24. The van der Waals surface area contributed by atoms with Crippen molar-refractivity contribution in [1.82, 2.24) is 9.97 Å². The molecular formula is C14H11F3N4O2S. The maximum absolute atomic E-state index is 12.9. The Hall–Kier alpha value is -2.67. The smallest absolute Gasteiger partial charge is 0.267 e. The predicted octanol–water partition coefficient (Wildman–Crippen LogP) is 2.50. The second kappa shape index (κ2) is 6.84. The van der Waals surface area contributed by atoms with Gasteiger partial charge < -0.3 is 0 Å². The highest BCUT2D eigenvalue weighted by Crippen LogP contribution is 2.30. The van der Waals surface area contributed by atoms with Crippen LogP contribution in [-0.4, -0.2) is 18.4 Å². The molecule has 6 nitrogen and oxygen atoms in total. The van der Waals surface area contributed by atoms with Crippen LogP contribution in [0.3, 0.4) is 0 Å². The largest absolute Gasteiger partial charge is 0.433 e. The summed E-state index contributed by atoms with van der Waals surface area (Å²) >= 11 is 0. The van der Waals surface area contributed by atoms with Crippen molar-refractivity contribution in [1.29, 1.82) is 5.26 Å². The SMILES string of the molecule is N#CCc1cccc(NS(=O)(=O)Cc2cccnc2C(F)(F)F)n1. The number of alkyl halides is 3. The van der Waals surface area contributed by atoms with Crippen molar-refractivity contribution in [3.63, 3.8) is 0 Å². The van der Waals surface area contributed by atoms with Gasteiger partial charge in [-0.3, -0.25) is 9.71 Å². The maximum Gasteiger partial charge on any atom is 0.433 e. The number of nitrogens with zero attached hydrogens (tertiary/aromatic N) is 3. The first-order valence-corrected chi connectivity index (χ1v) is 8.21. The van der Waals surface area contributed by atoms with Crippen LogP contribution in [0.5, 0.6) is 0 Å². The Morgan fingerprint density at radius 1 is 1.21 bits per heavy atom. The Labute approximate surface area is 136 Å². The average molecular weight is 356 g/mol. The van der Waals surface area contributed by atoms with Gasteiger partial charge in [0.2, 0.25) is 10.0 Å². The minimum atomic E-state index is -4.75. The number of nitriles is 1. The van der Waals surface area contributed by atoms with Gasteiger partial charge in [0.25, 0.3) is 0 Å². The van der Waals surface area contributed by atoms with Crippen molar-refractivity contribution in [3.8, 4) is 6.07 Å². The molecule has 0 saturated heterocycles. The topological polar surface area (TPSA) is 95.7 Å². The van der Waals surface area contributed by atoms with Crippen LogP contribution in [-0.2, 0) is 28.4 Å². The van der Waals surface area contributed by atoms with Gasteiger partial charge in [-0.05, 0) is 23.8 Å². The molecule has 2 aromatic heterocycles. The molecular weight excluding hydrogens is 345 g/mol. The van der Waals surface area contributed by atoms with Gasteiger partial charge in [0.05, 0.1) is 23.9 Å². The Kier molecular flexibility index (Phi) is 5.04. The number of rotatable bonds is 5. The summed E-state index contributed by atoms with van der Waals surface area (Å²) in [6, 6.07) is 8.50. The lowest BCUT2D eigenvalue weighted by Gasteiger charge is -2.12. The molecule has 0 atom stereocenters. The number of sulfonamides is 1. The van der Waals surface area contributed by atoms with Crippen molar-refractivity contribution in [3.05, 3.63) is 53.5 Å². The van der Waals surface area contributed by atoms with Crippen molar-refractivity contribution in [2.45, 2.75) is 18.3 Å². The minimum Gasteiger partial charge on any atom is -0.267 e. The number of pyridine rings is 2. The number of aromatic nitrogens is 2. The maximum atomic E-state index is 12.9. The van der Waals surface area contributed by atoms with E-state index in [1.165, 1.54) is 24.3 Å². The summed E-state index contributed by atoms with van der Waals surface area (Å²) in [6.07, 6.45) is -3.83. The van der Waals surface area contributed by atoms with Crippen molar-refractivity contribution < 1.29 is 21.6 Å². The molecule has 0 aliphatic heterocycles. The Morgan fingerprint density at radius 3 is 2.62 bits per heavy atom. The summed E-state index contributed by atoms with van der Waals surface area (Å²) in [6.45, 7) is 0. The molecule has 1 N–H and O–H groups in total. The van der Waals surface area contributed by atoms with E-state index in [0.29, 0.717) is 5.69 Å². The number of anilines is 1. The summed E-state index contributed by atoms with van der Waals surface area (Å²) < 4.78 is 64.9. The third kappa shape index (κ3) is 4.66. The molecule has 0 unspecified atom stereocenters. The van der Waals surface area contributed by atoms with E-state index in [4.69, 9.17) is 5.26 Å². The monoisotopic (exact) mass is 356 g/mol. The van der Waals surface area contributed by atoms with Crippen LogP contribution in [0.2, 0.25) is 0 Å². The highest BCUT2D eigenvalue weighted by Gasteiger charge is 2.36. The van der Waals surface area contributed by atoms with E-state index < -0.39 is 33.2 Å². The molecule has 0 bridgehead atoms. The van der Waals surface area contributed by atoms with Crippen molar-refractivity contribution in [2.24, 2.45) is 0 Å². The first-order chi connectivity index (χ1) is 11.2. The zero-order valence-corrected chi connectivity index (χ0v) is 12.9. The van der Waals surface area contributed by atoms with E-state index >= 15 is 0 Å². The number of hydrogen-bond acceptors (Lipinski definition) is 5. The normalized spacial score (nSPS) is 11.8. The molecule has 2 aromatic rings. The molecule has 0 saturated carbocycles. The van der Waals surface area contributed by atoms with Crippen LogP contribution < -0.4 is 4.72 Å². The van der Waals surface area contributed by atoms with Gasteiger partial charge in [0.15, 0.2) is 0 Å². The van der Waals surface area contributed by atoms with E-state index in [1.54, 1.807) is 0 Å². The van der Waals surface area contributed by atoms with Gasteiger partial charge in [-0.1, -0.05) is 12.1 Å². The fourth-order valence-electron chi connectivity index (χ4n) is 1.93. The number of nitrogens with one attached hydrogen (secondary N) is 1. The van der Waals surface area contributed by atoms with Crippen molar-refractivity contribution in [2.75, 3.05) is 4.72 Å². The molecule has 0 amide bonds. The average Bonchev–Trinajstić information content (AvgIpc) is 2.46. The predicted molar refractivity (Wildman–Crippen MR) is 79.0 cm³/mol. The lowest BCUT2D eigenvalue weighted by Crippen LogP contribution is -2.20. The van der Waals surface area contributed by atoms with Crippen molar-refractivity contribution >= 4 is 15.8 Å². The van der Waals surface area contributed by atoms with E-state index in [2.05, 4.69) is 14.7 Å². The van der Waals surface area contributed by atoms with E-state index in [9.17, 15) is 21.6 Å². The molecule has 0 aromatic carbocycles. The molecule has 0 aliphatic rings. The molecule has 24 heavy (non-hydrogen) atoms. The number of hydrogen-bond donors (Lipinski definition) is 1. The third-order valence-electron chi connectivity index (χ3n) is 2.83. The summed E-state index contributed by atoms with van der Waals surface area (Å²) in [5.41, 5.74) is -1.37. The molecule has 2 heterocycles. The van der Waals surface area contributed by atoms with Crippen LogP contribution in [0.1, 0.15) is 17.0 Å². The van der Waals surface area contributed by atoms with Gasteiger partial charge in [-0.2, -0.15) is 18.4 Å². The van der Waals surface area contributed by atoms with Gasteiger partial charge >= 0.3 is 6.18 Å². The first-order valence-electron chi connectivity index (χ1n) is 6.56. The van der Waals surface area contributed by atoms with Crippen LogP contribution in [0.4, 0.5) is 19.0 Å². The molecule has 0 radical (unpaired) electrons. The second-order valence-corrected chi connectivity index (χ2v) is 6.44. The van der Waals surface area contributed by atoms with Gasteiger partial charge in [0, 0.05) is 6.20 Å². The van der Waals surface area contributed by atoms with Crippen LogP contribution in [0.25, 0.3) is 0 Å². The molecule has 126 valence electrons. The molecule has 0 aliphatic carbocycles. The number of halogens is 3. The molecule has 0 fully saturated rings. The zero-order chi connectivity index (χ0) is 17.8. The molecule has 10 heteroatoms. The summed E-state index contributed by atoms with van der Waals surface area (Å²) in [7, 11) is -4.14. The summed E-state index contributed by atoms with van der Waals surface area (Å²) in [5.74, 6) is -0.972. The lowest BCUT2D eigenvalue weighted by atomic mass is 10.2. The van der Waals surface area contributed by atoms with Gasteiger partial charge in [0.1, 0.15) is 11.5 Å². The fraction of sp³-hybridized carbons (Fsp3) is 0.214. The van der Waals surface area contributed by atoms with E-state index in [0.717, 1.165) is 12.3 Å². The minimum absolute atomic E-state index is 0.0175. The van der Waals surface area contributed by atoms with Crippen LogP contribution in [0, 0.1) is 11.3 Å². The molecule has 2 rings (SSSR count). The molecule has 0 spiro atoms. The fourth-order valence-corrected chi connectivity index (χ4v) is 3.07. The van der Waals surface area contributed by atoms with Gasteiger partial charge in [-0.15, -0.1) is 0 Å². The second-order valence-electron chi connectivity index (χ2n) is 4.72. The zero-order valence-electron chi connectivity index (χ0n) is 12.1. The summed E-state index contributed by atoms with van der Waals surface area (Å²) in [5, 5.41) is 8.60. The highest BCUT2D eigenvalue weighted by atomic mass is 32.2. The van der Waals surface area contributed by atoms with Crippen LogP contribution >= 0.6 is 0 Å². The third-order valence-corrected chi connectivity index (χ3v) is 4.04. The standard InChI is InChI=1S/C14H11F3N4O2S/c15-14(16,17)13-10(3-2-8-19-13)9-24(22,23)21-12-5-1-4-11(20-12)6-7-18/h1-5,8H,6,9H2,(H,20,21). The first kappa shape index (κ1) is 17.7. The lowest BCUT2D eigenvalue weighted by molar-refractivity contribution is -0.141. The Bertz CT molecular complexity index is 876. The quantitative estimate of drug-likeness (QED) is 0.888. The van der Waals surface area contributed by atoms with E-state index in [1.807, 2.05) is 6.07 Å². The van der Waals surface area contributed by atoms with Crippen LogP contribution in [0.15, 0.2) is 36.5 Å². The Morgan fingerprint density at radius 2 is 1.96 bits per heavy atom. The van der Waals surface area contributed by atoms with E-state index in [-0.39, 0.29) is 12.2 Å². The summed E-state index contributed by atoms with van der Waals surface area (Å²) in [4.78, 5) is 7.12.